The van der Waals surface area contributed by atoms with E-state index < -0.39 is 0 Å². The Morgan fingerprint density at radius 2 is 2.00 bits per heavy atom. The van der Waals surface area contributed by atoms with Gasteiger partial charge < -0.3 is 14.8 Å². The Kier molecular flexibility index (Phi) is 5.76. The molecule has 1 aromatic rings. The van der Waals surface area contributed by atoms with Crippen LogP contribution in [0.3, 0.4) is 0 Å². The number of carbonyl (C=O) groups excluding carboxylic acids is 2. The highest BCUT2D eigenvalue weighted by Crippen LogP contribution is 2.46. The van der Waals surface area contributed by atoms with E-state index in [2.05, 4.69) is 10.2 Å². The normalized spacial score (nSPS) is 24.1. The summed E-state index contributed by atoms with van der Waals surface area (Å²) < 4.78 is 10.9. The summed E-state index contributed by atoms with van der Waals surface area (Å²) >= 11 is 1.41. The first-order chi connectivity index (χ1) is 12.0. The van der Waals surface area contributed by atoms with Crippen LogP contribution in [0.2, 0.25) is 0 Å². The lowest BCUT2D eigenvalue weighted by molar-refractivity contribution is -0.121. The maximum atomic E-state index is 12.5. The molecule has 2 atom stereocenters. The molecule has 25 heavy (non-hydrogen) atoms. The molecular weight excluding hydrogens is 340 g/mol. The fourth-order valence-electron chi connectivity index (χ4n) is 3.35. The maximum Gasteiger partial charge on any atom is 0.341 e. The van der Waals surface area contributed by atoms with E-state index in [1.165, 1.54) is 11.3 Å². The number of hydrogen-bond acceptors (Lipinski definition) is 6. The molecule has 0 aromatic carbocycles. The molecule has 1 aliphatic carbocycles. The zero-order valence-electron chi connectivity index (χ0n) is 15.0. The number of rotatable bonds is 6. The zero-order chi connectivity index (χ0) is 18.0. The van der Waals surface area contributed by atoms with Gasteiger partial charge in [0.15, 0.2) is 0 Å². The van der Waals surface area contributed by atoms with Crippen LogP contribution >= 0.6 is 11.3 Å². The Morgan fingerprint density at radius 1 is 1.32 bits per heavy atom. The highest BCUT2D eigenvalue weighted by Gasteiger charge is 2.32. The quantitative estimate of drug-likeness (QED) is 0.784. The molecule has 7 heteroatoms. The van der Waals surface area contributed by atoms with Crippen LogP contribution in [0.25, 0.3) is 0 Å². The Bertz CT molecular complexity index is 631. The van der Waals surface area contributed by atoms with Gasteiger partial charge in [0.05, 0.1) is 30.9 Å². The first-order valence-corrected chi connectivity index (χ1v) is 9.82. The van der Waals surface area contributed by atoms with E-state index in [-0.39, 0.29) is 24.1 Å². The fraction of sp³-hybridized carbons (Fsp3) is 0.667. The number of amides is 1. The average molecular weight is 366 g/mol. The van der Waals surface area contributed by atoms with Crippen molar-refractivity contribution in [3.63, 3.8) is 0 Å². The van der Waals surface area contributed by atoms with Gasteiger partial charge in [0.2, 0.25) is 5.91 Å². The standard InChI is InChI=1S/C18H26N2O4S/c1-4-23-18(22)16-14(13-5-6-13)10-25-17(16)19-15(21)9-20-7-11(2)24-12(3)8-20/h10-13H,4-9H2,1-3H3,(H,19,21). The molecule has 2 fully saturated rings. The van der Waals surface area contributed by atoms with Gasteiger partial charge in [-0.25, -0.2) is 4.79 Å². The molecule has 6 nitrogen and oxygen atoms in total. The van der Waals surface area contributed by atoms with Crippen molar-refractivity contribution in [1.82, 2.24) is 4.90 Å². The SMILES string of the molecule is CCOC(=O)c1c(C2CC2)csc1NC(=O)CN1CC(C)OC(C)C1. The lowest BCUT2D eigenvalue weighted by Crippen LogP contribution is -2.48. The van der Waals surface area contributed by atoms with Gasteiger partial charge in [-0.15, -0.1) is 11.3 Å². The number of esters is 1. The first-order valence-electron chi connectivity index (χ1n) is 8.94. The molecule has 1 saturated carbocycles. The average Bonchev–Trinajstić information content (AvgIpc) is 3.27. The van der Waals surface area contributed by atoms with Crippen molar-refractivity contribution < 1.29 is 19.1 Å². The van der Waals surface area contributed by atoms with Gasteiger partial charge in [0.1, 0.15) is 5.00 Å². The van der Waals surface area contributed by atoms with Crippen LogP contribution in [0, 0.1) is 0 Å². The molecule has 3 rings (SSSR count). The second-order valence-corrected chi connectivity index (χ2v) is 7.77. The zero-order valence-corrected chi connectivity index (χ0v) is 15.9. The minimum absolute atomic E-state index is 0.101. The van der Waals surface area contributed by atoms with Gasteiger partial charge in [-0.3, -0.25) is 9.69 Å². The van der Waals surface area contributed by atoms with Crippen molar-refractivity contribution >= 4 is 28.2 Å². The van der Waals surface area contributed by atoms with Crippen LogP contribution in [-0.2, 0) is 14.3 Å². The molecule has 0 radical (unpaired) electrons. The van der Waals surface area contributed by atoms with Gasteiger partial charge in [0, 0.05) is 13.1 Å². The molecule has 1 aliphatic heterocycles. The van der Waals surface area contributed by atoms with Crippen molar-refractivity contribution in [3.8, 4) is 0 Å². The van der Waals surface area contributed by atoms with E-state index in [1.807, 2.05) is 19.2 Å². The van der Waals surface area contributed by atoms with Crippen LogP contribution < -0.4 is 5.32 Å². The van der Waals surface area contributed by atoms with Crippen molar-refractivity contribution in [2.75, 3.05) is 31.6 Å². The van der Waals surface area contributed by atoms with Gasteiger partial charge in [-0.2, -0.15) is 0 Å². The Labute approximate surface area is 152 Å². The minimum Gasteiger partial charge on any atom is -0.462 e. The molecule has 0 spiro atoms. The topological polar surface area (TPSA) is 67.9 Å². The summed E-state index contributed by atoms with van der Waals surface area (Å²) in [4.78, 5) is 26.9. The summed E-state index contributed by atoms with van der Waals surface area (Å²) in [6, 6.07) is 0. The smallest absolute Gasteiger partial charge is 0.341 e. The second kappa shape index (κ2) is 7.85. The van der Waals surface area contributed by atoms with Crippen LogP contribution in [0.1, 0.15) is 55.5 Å². The minimum atomic E-state index is -0.338. The highest BCUT2D eigenvalue weighted by atomic mass is 32.1. The lowest BCUT2D eigenvalue weighted by atomic mass is 10.1. The third kappa shape index (κ3) is 4.59. The fourth-order valence-corrected chi connectivity index (χ4v) is 4.40. The predicted molar refractivity (Wildman–Crippen MR) is 97.3 cm³/mol. The number of morpholine rings is 1. The maximum absolute atomic E-state index is 12.5. The summed E-state index contributed by atoms with van der Waals surface area (Å²) in [7, 11) is 0. The van der Waals surface area contributed by atoms with Crippen molar-refractivity contribution in [1.29, 1.82) is 0 Å². The number of nitrogens with zero attached hydrogens (tertiary/aromatic N) is 1. The number of nitrogens with one attached hydrogen (secondary N) is 1. The Morgan fingerprint density at radius 3 is 2.60 bits per heavy atom. The largest absolute Gasteiger partial charge is 0.462 e. The number of anilines is 1. The third-order valence-corrected chi connectivity index (χ3v) is 5.35. The van der Waals surface area contributed by atoms with E-state index in [0.29, 0.717) is 29.6 Å². The summed E-state index contributed by atoms with van der Waals surface area (Å²) in [5.74, 6) is -0.00661. The molecule has 2 aliphatic rings. The molecule has 2 unspecified atom stereocenters. The van der Waals surface area contributed by atoms with E-state index >= 15 is 0 Å². The van der Waals surface area contributed by atoms with E-state index in [0.717, 1.165) is 31.5 Å². The van der Waals surface area contributed by atoms with Gasteiger partial charge in [-0.1, -0.05) is 0 Å². The lowest BCUT2D eigenvalue weighted by Gasteiger charge is -2.34. The van der Waals surface area contributed by atoms with Crippen LogP contribution in [-0.4, -0.2) is 55.2 Å². The molecule has 0 bridgehead atoms. The van der Waals surface area contributed by atoms with Crippen molar-refractivity contribution in [2.24, 2.45) is 0 Å². The molecule has 138 valence electrons. The molecule has 1 amide bonds. The van der Waals surface area contributed by atoms with Gasteiger partial charge in [0.25, 0.3) is 0 Å². The number of hydrogen-bond donors (Lipinski definition) is 1. The summed E-state index contributed by atoms with van der Waals surface area (Å²) in [6.45, 7) is 7.93. The molecule has 1 saturated heterocycles. The number of ether oxygens (including phenoxy) is 2. The van der Waals surface area contributed by atoms with Crippen LogP contribution in [0.5, 0.6) is 0 Å². The summed E-state index contributed by atoms with van der Waals surface area (Å²) in [5.41, 5.74) is 1.57. The molecule has 1 aromatic heterocycles. The van der Waals surface area contributed by atoms with Crippen LogP contribution in [0.4, 0.5) is 5.00 Å². The monoisotopic (exact) mass is 366 g/mol. The van der Waals surface area contributed by atoms with Crippen molar-refractivity contribution in [2.45, 2.75) is 51.7 Å². The Hall–Kier alpha value is -1.44. The Balaban J connectivity index is 1.67. The second-order valence-electron chi connectivity index (χ2n) is 6.89. The van der Waals surface area contributed by atoms with Gasteiger partial charge in [-0.05, 0) is 50.5 Å². The molecule has 1 N–H and O–H groups in total. The van der Waals surface area contributed by atoms with E-state index in [9.17, 15) is 9.59 Å². The highest BCUT2D eigenvalue weighted by molar-refractivity contribution is 7.15. The van der Waals surface area contributed by atoms with E-state index in [4.69, 9.17) is 9.47 Å². The predicted octanol–water partition coefficient (Wildman–Crippen LogP) is 2.85. The van der Waals surface area contributed by atoms with Gasteiger partial charge >= 0.3 is 5.97 Å². The molecule has 2 heterocycles. The van der Waals surface area contributed by atoms with E-state index in [1.54, 1.807) is 6.92 Å². The van der Waals surface area contributed by atoms with Crippen molar-refractivity contribution in [3.05, 3.63) is 16.5 Å². The van der Waals surface area contributed by atoms with Crippen LogP contribution in [0.15, 0.2) is 5.38 Å². The molecular formula is C18H26N2O4S. The number of thiophene rings is 1. The summed E-state index contributed by atoms with van der Waals surface area (Å²) in [6.07, 6.45) is 2.44. The first kappa shape index (κ1) is 18.4. The third-order valence-electron chi connectivity index (χ3n) is 4.43. The number of carbonyl (C=O) groups is 2. The summed E-state index contributed by atoms with van der Waals surface area (Å²) in [5, 5.41) is 5.52.